The van der Waals surface area contributed by atoms with Crippen LogP contribution in [-0.4, -0.2) is 30.0 Å². The topological polar surface area (TPSA) is 61.3 Å². The number of carbonyl (C=O) groups excluding carboxylic acids is 1. The van der Waals surface area contributed by atoms with Crippen LogP contribution in [0.3, 0.4) is 0 Å². The summed E-state index contributed by atoms with van der Waals surface area (Å²) in [5.74, 6) is 0.151. The average molecular weight is 210 g/mol. The van der Waals surface area contributed by atoms with E-state index >= 15 is 0 Å². The minimum atomic E-state index is -0.282. The number of hydrogen-bond donors (Lipinski definition) is 0. The summed E-state index contributed by atoms with van der Waals surface area (Å²) in [4.78, 5) is 19.2. The summed E-state index contributed by atoms with van der Waals surface area (Å²) in [6, 6.07) is 1.84. The van der Waals surface area contributed by atoms with Gasteiger partial charge in [0.15, 0.2) is 0 Å². The maximum atomic E-state index is 11.2. The zero-order valence-corrected chi connectivity index (χ0v) is 9.27. The maximum Gasteiger partial charge on any atom is 0.319 e. The van der Waals surface area contributed by atoms with Gasteiger partial charge in [-0.1, -0.05) is 0 Å². The first-order valence-electron chi connectivity index (χ1n) is 4.56. The molecular weight excluding hydrogens is 196 g/mol. The molecule has 1 aromatic rings. The van der Waals surface area contributed by atoms with Crippen molar-refractivity contribution in [2.45, 2.75) is 19.8 Å². The van der Waals surface area contributed by atoms with Crippen LogP contribution >= 0.6 is 0 Å². The minimum absolute atomic E-state index is 0.0396. The number of carbonyl (C=O) groups is 1. The number of aromatic nitrogens is 2. The number of rotatable bonds is 4. The van der Waals surface area contributed by atoms with Gasteiger partial charge in [-0.05, 0) is 13.8 Å². The van der Waals surface area contributed by atoms with Crippen LogP contribution in [0.5, 0.6) is 11.9 Å². The molecule has 0 aliphatic rings. The van der Waals surface area contributed by atoms with Crippen LogP contribution in [-0.2, 0) is 4.79 Å². The van der Waals surface area contributed by atoms with Crippen molar-refractivity contribution in [2.75, 3.05) is 14.2 Å². The van der Waals surface area contributed by atoms with E-state index in [0.717, 1.165) is 0 Å². The van der Waals surface area contributed by atoms with Crippen molar-refractivity contribution in [3.05, 3.63) is 11.8 Å². The second-order valence-corrected chi connectivity index (χ2v) is 3.15. The van der Waals surface area contributed by atoms with Gasteiger partial charge in [0.2, 0.25) is 5.88 Å². The quantitative estimate of drug-likeness (QED) is 0.746. The van der Waals surface area contributed by atoms with E-state index in [1.54, 1.807) is 13.0 Å². The van der Waals surface area contributed by atoms with E-state index < -0.39 is 0 Å². The summed E-state index contributed by atoms with van der Waals surface area (Å²) in [5, 5.41) is 0. The van der Waals surface area contributed by atoms with Crippen LogP contribution in [0.25, 0.3) is 0 Å². The predicted octanol–water partition coefficient (Wildman–Crippen LogP) is 1.19. The number of Topliss-reactive ketones (excluding diaryl/α,β-unsaturated/α-hetero) is 1. The van der Waals surface area contributed by atoms with E-state index in [4.69, 9.17) is 9.47 Å². The molecule has 1 heterocycles. The molecule has 1 rings (SSSR count). The highest BCUT2D eigenvalue weighted by atomic mass is 16.5. The molecule has 15 heavy (non-hydrogen) atoms. The van der Waals surface area contributed by atoms with Crippen molar-refractivity contribution in [3.8, 4) is 11.9 Å². The van der Waals surface area contributed by atoms with E-state index in [1.807, 2.05) is 0 Å². The van der Waals surface area contributed by atoms with Gasteiger partial charge >= 0.3 is 6.01 Å². The first-order valence-corrected chi connectivity index (χ1v) is 4.56. The van der Waals surface area contributed by atoms with Gasteiger partial charge in [0, 0.05) is 6.07 Å². The van der Waals surface area contributed by atoms with Crippen LogP contribution in [0.15, 0.2) is 6.07 Å². The normalized spacial score (nSPS) is 12.0. The molecule has 0 N–H and O–H groups in total. The second kappa shape index (κ2) is 4.72. The Morgan fingerprint density at radius 1 is 1.33 bits per heavy atom. The fraction of sp³-hybridized carbons (Fsp3) is 0.500. The Morgan fingerprint density at radius 3 is 2.47 bits per heavy atom. The minimum Gasteiger partial charge on any atom is -0.481 e. The highest BCUT2D eigenvalue weighted by Gasteiger charge is 2.15. The van der Waals surface area contributed by atoms with Gasteiger partial charge < -0.3 is 9.47 Å². The van der Waals surface area contributed by atoms with E-state index in [1.165, 1.54) is 21.1 Å². The third-order valence-corrected chi connectivity index (χ3v) is 2.15. The molecule has 0 aliphatic carbocycles. The number of ketones is 1. The number of methoxy groups -OCH3 is 2. The van der Waals surface area contributed by atoms with Crippen molar-refractivity contribution in [3.63, 3.8) is 0 Å². The highest BCUT2D eigenvalue weighted by Crippen LogP contribution is 2.20. The van der Waals surface area contributed by atoms with E-state index in [9.17, 15) is 4.79 Å². The fourth-order valence-electron chi connectivity index (χ4n) is 1.05. The molecule has 1 aromatic heterocycles. The van der Waals surface area contributed by atoms with Gasteiger partial charge in [0.25, 0.3) is 0 Å². The lowest BCUT2D eigenvalue weighted by Gasteiger charge is -2.09. The molecule has 0 aliphatic heterocycles. The zero-order valence-electron chi connectivity index (χ0n) is 9.27. The van der Waals surface area contributed by atoms with Crippen molar-refractivity contribution >= 4 is 5.78 Å². The Balaban J connectivity index is 3.11. The summed E-state index contributed by atoms with van der Waals surface area (Å²) in [7, 11) is 2.97. The van der Waals surface area contributed by atoms with Gasteiger partial charge in [-0.15, -0.1) is 0 Å². The molecule has 0 spiro atoms. The van der Waals surface area contributed by atoms with E-state index in [2.05, 4.69) is 9.97 Å². The first-order chi connectivity index (χ1) is 7.08. The molecule has 1 unspecified atom stereocenters. The Kier molecular flexibility index (Phi) is 3.60. The van der Waals surface area contributed by atoms with Gasteiger partial charge in [-0.3, -0.25) is 4.79 Å². The molecule has 1 atom stereocenters. The summed E-state index contributed by atoms with van der Waals surface area (Å²) in [6.45, 7) is 3.30. The molecular formula is C10H14N2O3. The Labute approximate surface area is 88.4 Å². The lowest BCUT2D eigenvalue weighted by atomic mass is 10.0. The first kappa shape index (κ1) is 11.4. The SMILES string of the molecule is COc1cc(C(C)C(C)=O)nc(OC)n1. The number of nitrogens with zero attached hydrogens (tertiary/aromatic N) is 2. The van der Waals surface area contributed by atoms with Crippen LogP contribution < -0.4 is 9.47 Å². The Hall–Kier alpha value is -1.65. The number of hydrogen-bond acceptors (Lipinski definition) is 5. The van der Waals surface area contributed by atoms with Gasteiger partial charge in [0.05, 0.1) is 25.8 Å². The molecule has 0 fully saturated rings. The average Bonchev–Trinajstić information content (AvgIpc) is 2.27. The number of ether oxygens (including phenoxy) is 2. The predicted molar refractivity (Wildman–Crippen MR) is 54.2 cm³/mol. The smallest absolute Gasteiger partial charge is 0.319 e. The Morgan fingerprint density at radius 2 is 2.00 bits per heavy atom. The molecule has 5 nitrogen and oxygen atoms in total. The monoisotopic (exact) mass is 210 g/mol. The summed E-state index contributed by atoms with van der Waals surface area (Å²) in [6.07, 6.45) is 0. The largest absolute Gasteiger partial charge is 0.481 e. The summed E-state index contributed by atoms with van der Waals surface area (Å²) in [5.41, 5.74) is 0.603. The summed E-state index contributed by atoms with van der Waals surface area (Å²) < 4.78 is 9.90. The van der Waals surface area contributed by atoms with Gasteiger partial charge in [0.1, 0.15) is 5.78 Å². The van der Waals surface area contributed by atoms with Gasteiger partial charge in [-0.25, -0.2) is 0 Å². The van der Waals surface area contributed by atoms with Crippen LogP contribution in [0.2, 0.25) is 0 Å². The standard InChI is InChI=1S/C10H14N2O3/c1-6(7(2)13)8-5-9(14-3)12-10(11-8)15-4/h5-6H,1-4H3. The van der Waals surface area contributed by atoms with Gasteiger partial charge in [-0.2, -0.15) is 9.97 Å². The molecule has 0 amide bonds. The lowest BCUT2D eigenvalue weighted by molar-refractivity contribution is -0.118. The molecule has 0 radical (unpaired) electrons. The fourth-order valence-corrected chi connectivity index (χ4v) is 1.05. The highest BCUT2D eigenvalue weighted by molar-refractivity contribution is 5.82. The molecule has 0 bridgehead atoms. The zero-order chi connectivity index (χ0) is 11.4. The van der Waals surface area contributed by atoms with Crippen LogP contribution in [0, 0.1) is 0 Å². The molecule has 82 valence electrons. The van der Waals surface area contributed by atoms with Crippen LogP contribution in [0.1, 0.15) is 25.5 Å². The molecule has 0 aromatic carbocycles. The van der Waals surface area contributed by atoms with E-state index in [0.29, 0.717) is 11.6 Å². The van der Waals surface area contributed by atoms with Crippen molar-refractivity contribution in [1.82, 2.24) is 9.97 Å². The summed E-state index contributed by atoms with van der Waals surface area (Å²) >= 11 is 0. The van der Waals surface area contributed by atoms with Crippen molar-refractivity contribution in [1.29, 1.82) is 0 Å². The third kappa shape index (κ3) is 2.65. The van der Waals surface area contributed by atoms with Crippen LogP contribution in [0.4, 0.5) is 0 Å². The second-order valence-electron chi connectivity index (χ2n) is 3.15. The van der Waals surface area contributed by atoms with E-state index in [-0.39, 0.29) is 17.7 Å². The lowest BCUT2D eigenvalue weighted by Crippen LogP contribution is -2.08. The maximum absolute atomic E-state index is 11.2. The third-order valence-electron chi connectivity index (χ3n) is 2.15. The van der Waals surface area contributed by atoms with Crippen molar-refractivity contribution in [2.24, 2.45) is 0 Å². The molecule has 0 saturated carbocycles. The molecule has 0 saturated heterocycles. The Bertz CT molecular complexity index is 343. The molecule has 5 heteroatoms. The van der Waals surface area contributed by atoms with Crippen molar-refractivity contribution < 1.29 is 14.3 Å².